The molecule has 1 aromatic carbocycles. The Labute approximate surface area is 173 Å². The van der Waals surface area contributed by atoms with Gasteiger partial charge >= 0.3 is 0 Å². The molecule has 1 atom stereocenters. The van der Waals surface area contributed by atoms with E-state index in [4.69, 9.17) is 13.9 Å². The molecule has 1 amide bonds. The van der Waals surface area contributed by atoms with Crippen LogP contribution >= 0.6 is 0 Å². The summed E-state index contributed by atoms with van der Waals surface area (Å²) in [5.74, 6) is 1.17. The third-order valence-corrected chi connectivity index (χ3v) is 6.70. The van der Waals surface area contributed by atoms with Crippen LogP contribution in [0.25, 0.3) is 11.5 Å². The second-order valence-electron chi connectivity index (χ2n) is 6.91. The molecule has 10 heteroatoms. The van der Waals surface area contributed by atoms with Gasteiger partial charge in [0.15, 0.2) is 21.3 Å². The van der Waals surface area contributed by atoms with Crippen molar-refractivity contribution in [2.75, 3.05) is 31.0 Å². The Morgan fingerprint density at radius 1 is 1.23 bits per heavy atom. The number of nitrogens with zero attached hydrogens (tertiary/aromatic N) is 2. The zero-order valence-corrected chi connectivity index (χ0v) is 17.3. The maximum atomic E-state index is 12.9. The quantitative estimate of drug-likeness (QED) is 0.638. The molecule has 1 saturated heterocycles. The molecule has 30 heavy (non-hydrogen) atoms. The van der Waals surface area contributed by atoms with Gasteiger partial charge in [-0.1, -0.05) is 0 Å². The minimum atomic E-state index is -3.12. The van der Waals surface area contributed by atoms with Crippen LogP contribution in [0.1, 0.15) is 23.0 Å². The fourth-order valence-electron chi connectivity index (χ4n) is 3.45. The van der Waals surface area contributed by atoms with Crippen molar-refractivity contribution >= 4 is 21.4 Å². The molecule has 1 fully saturated rings. The van der Waals surface area contributed by atoms with E-state index in [-0.39, 0.29) is 23.2 Å². The van der Waals surface area contributed by atoms with Gasteiger partial charge in [-0.3, -0.25) is 9.48 Å². The van der Waals surface area contributed by atoms with Crippen molar-refractivity contribution in [3.05, 3.63) is 48.4 Å². The van der Waals surface area contributed by atoms with Gasteiger partial charge in [-0.15, -0.1) is 0 Å². The molecule has 1 N–H and O–H groups in total. The molecular weight excluding hydrogens is 410 g/mol. The van der Waals surface area contributed by atoms with Crippen molar-refractivity contribution in [3.8, 4) is 23.0 Å². The first-order chi connectivity index (χ1) is 14.4. The van der Waals surface area contributed by atoms with Crippen LogP contribution in [0.5, 0.6) is 11.5 Å². The van der Waals surface area contributed by atoms with E-state index in [1.54, 1.807) is 48.2 Å². The first-order valence-electron chi connectivity index (χ1n) is 9.27. The summed E-state index contributed by atoms with van der Waals surface area (Å²) in [7, 11) is -0.0893. The molecule has 3 aromatic rings. The summed E-state index contributed by atoms with van der Waals surface area (Å²) in [5, 5.41) is 7.19. The number of amides is 1. The van der Waals surface area contributed by atoms with Crippen LogP contribution in [0.2, 0.25) is 0 Å². The lowest BCUT2D eigenvalue weighted by Gasteiger charge is -2.12. The van der Waals surface area contributed by atoms with Crippen molar-refractivity contribution in [1.29, 1.82) is 0 Å². The average molecular weight is 431 g/mol. The van der Waals surface area contributed by atoms with Gasteiger partial charge in [0, 0.05) is 12.1 Å². The van der Waals surface area contributed by atoms with Gasteiger partial charge in [0.25, 0.3) is 5.91 Å². The largest absolute Gasteiger partial charge is 0.497 e. The number of hydrogen-bond acceptors (Lipinski definition) is 7. The van der Waals surface area contributed by atoms with Crippen molar-refractivity contribution in [1.82, 2.24) is 9.78 Å². The summed E-state index contributed by atoms with van der Waals surface area (Å²) in [6, 6.07) is 9.73. The Bertz CT molecular complexity index is 1170. The number of anilines is 1. The van der Waals surface area contributed by atoms with Gasteiger partial charge in [0.05, 0.1) is 43.7 Å². The lowest BCUT2D eigenvalue weighted by Crippen LogP contribution is -2.17. The zero-order valence-electron chi connectivity index (χ0n) is 16.5. The smallest absolute Gasteiger partial charge is 0.276 e. The molecule has 1 aliphatic rings. The van der Waals surface area contributed by atoms with Crippen molar-refractivity contribution in [2.24, 2.45) is 0 Å². The van der Waals surface area contributed by atoms with Crippen LogP contribution in [-0.2, 0) is 9.84 Å². The van der Waals surface area contributed by atoms with Crippen LogP contribution in [0.15, 0.2) is 47.1 Å². The molecule has 0 aliphatic carbocycles. The van der Waals surface area contributed by atoms with E-state index < -0.39 is 15.7 Å². The molecule has 2 aromatic heterocycles. The molecule has 0 radical (unpaired) electrons. The highest BCUT2D eigenvalue weighted by Crippen LogP contribution is 2.32. The van der Waals surface area contributed by atoms with E-state index in [9.17, 15) is 13.2 Å². The van der Waals surface area contributed by atoms with Crippen LogP contribution in [0.3, 0.4) is 0 Å². The highest BCUT2D eigenvalue weighted by atomic mass is 32.2. The van der Waals surface area contributed by atoms with Crippen LogP contribution < -0.4 is 14.8 Å². The van der Waals surface area contributed by atoms with E-state index in [1.807, 2.05) is 0 Å². The highest BCUT2D eigenvalue weighted by molar-refractivity contribution is 7.91. The summed E-state index contributed by atoms with van der Waals surface area (Å²) in [4.78, 5) is 12.9. The molecular formula is C20H21N3O6S. The van der Waals surface area contributed by atoms with E-state index in [0.717, 1.165) is 0 Å². The van der Waals surface area contributed by atoms with Crippen molar-refractivity contribution in [3.63, 3.8) is 0 Å². The topological polar surface area (TPSA) is 113 Å². The third-order valence-electron chi connectivity index (χ3n) is 4.95. The van der Waals surface area contributed by atoms with Crippen LogP contribution in [0.4, 0.5) is 5.69 Å². The summed E-state index contributed by atoms with van der Waals surface area (Å²) in [5.41, 5.74) is 1.15. The number of sulfone groups is 1. The van der Waals surface area contributed by atoms with Gasteiger partial charge in [-0.05, 0) is 30.7 Å². The number of carbonyl (C=O) groups is 1. The van der Waals surface area contributed by atoms with Crippen molar-refractivity contribution in [2.45, 2.75) is 12.5 Å². The second-order valence-corrected chi connectivity index (χ2v) is 9.14. The standard InChI is InChI=1S/C20H21N3O6S/c1-27-14-5-6-15(19(10-14)28-2)21-20(24)16-11-17(18-4-3-8-29-18)23(22-16)13-7-9-30(25,26)12-13/h3-6,8,10-11,13H,7,9,12H2,1-2H3,(H,21,24). The van der Waals surface area contributed by atoms with Gasteiger partial charge in [-0.25, -0.2) is 8.42 Å². The number of benzene rings is 1. The molecule has 158 valence electrons. The van der Waals surface area contributed by atoms with E-state index in [0.29, 0.717) is 35.1 Å². The van der Waals surface area contributed by atoms with Crippen LogP contribution in [-0.4, -0.2) is 49.8 Å². The Morgan fingerprint density at radius 3 is 2.70 bits per heavy atom. The van der Waals surface area contributed by atoms with Crippen LogP contribution in [0, 0.1) is 0 Å². The lowest BCUT2D eigenvalue weighted by molar-refractivity contribution is 0.102. The number of carbonyl (C=O) groups excluding carboxylic acids is 1. The summed E-state index contributed by atoms with van der Waals surface area (Å²) >= 11 is 0. The number of rotatable bonds is 6. The number of furan rings is 1. The minimum absolute atomic E-state index is 0.0181. The van der Waals surface area contributed by atoms with Gasteiger partial charge in [-0.2, -0.15) is 5.10 Å². The monoisotopic (exact) mass is 431 g/mol. The molecule has 0 saturated carbocycles. The average Bonchev–Trinajstić information content (AvgIpc) is 3.47. The van der Waals surface area contributed by atoms with Gasteiger partial charge in [0.2, 0.25) is 0 Å². The second kappa shape index (κ2) is 7.86. The van der Waals surface area contributed by atoms with Gasteiger partial charge < -0.3 is 19.2 Å². The maximum absolute atomic E-state index is 12.9. The molecule has 9 nitrogen and oxygen atoms in total. The Morgan fingerprint density at radius 2 is 2.07 bits per heavy atom. The Kier molecular flexibility index (Phi) is 5.25. The number of methoxy groups -OCH3 is 2. The number of aromatic nitrogens is 2. The molecule has 1 aliphatic heterocycles. The zero-order chi connectivity index (χ0) is 21.3. The normalized spacial score (nSPS) is 17.6. The molecule has 0 spiro atoms. The molecule has 3 heterocycles. The van der Waals surface area contributed by atoms with Crippen molar-refractivity contribution < 1.29 is 27.1 Å². The maximum Gasteiger partial charge on any atom is 0.276 e. The predicted octanol–water partition coefficient (Wildman–Crippen LogP) is 2.77. The Hall–Kier alpha value is -3.27. The summed E-state index contributed by atoms with van der Waals surface area (Å²) in [6.07, 6.45) is 1.95. The third kappa shape index (κ3) is 3.90. The number of nitrogens with one attached hydrogen (secondary N) is 1. The van der Waals surface area contributed by atoms with E-state index in [1.165, 1.54) is 13.4 Å². The SMILES string of the molecule is COc1ccc(NC(=O)c2cc(-c3ccco3)n(C3CCS(=O)(=O)C3)n2)c(OC)c1. The number of hydrogen-bond donors (Lipinski definition) is 1. The first-order valence-corrected chi connectivity index (χ1v) is 11.1. The fraction of sp³-hybridized carbons (Fsp3) is 0.300. The predicted molar refractivity (Wildman–Crippen MR) is 110 cm³/mol. The highest BCUT2D eigenvalue weighted by Gasteiger charge is 2.32. The molecule has 0 bridgehead atoms. The summed E-state index contributed by atoms with van der Waals surface area (Å²) < 4.78 is 41.4. The van der Waals surface area contributed by atoms with E-state index >= 15 is 0 Å². The fourth-order valence-corrected chi connectivity index (χ4v) is 5.14. The first kappa shape index (κ1) is 20.0. The molecule has 4 rings (SSSR count). The Balaban J connectivity index is 1.66. The van der Waals surface area contributed by atoms with E-state index in [2.05, 4.69) is 10.4 Å². The number of ether oxygens (including phenoxy) is 2. The molecule has 1 unspecified atom stereocenters. The lowest BCUT2D eigenvalue weighted by atomic mass is 10.2. The minimum Gasteiger partial charge on any atom is -0.497 e. The van der Waals surface area contributed by atoms with Gasteiger partial charge in [0.1, 0.15) is 17.2 Å². The summed E-state index contributed by atoms with van der Waals surface area (Å²) in [6.45, 7) is 0.